The van der Waals surface area contributed by atoms with E-state index in [4.69, 9.17) is 5.73 Å². The van der Waals surface area contributed by atoms with Gasteiger partial charge in [-0.25, -0.2) is 0 Å². The molecular weight excluding hydrogens is 254 g/mol. The number of anilines is 1. The second-order valence-corrected chi connectivity index (χ2v) is 7.88. The van der Waals surface area contributed by atoms with Crippen LogP contribution in [0, 0.1) is 0 Å². The van der Waals surface area contributed by atoms with Gasteiger partial charge in [0, 0.05) is 11.3 Å². The van der Waals surface area contributed by atoms with Gasteiger partial charge >= 0.3 is 0 Å². The van der Waals surface area contributed by atoms with E-state index < -0.39 is 0 Å². The van der Waals surface area contributed by atoms with Gasteiger partial charge in [0.25, 0.3) is 0 Å². The lowest BCUT2D eigenvalue weighted by molar-refractivity contribution is 0.590. The number of nitrogens with two attached hydrogens (primary N) is 1. The maximum absolute atomic E-state index is 6.27. The Labute approximate surface area is 129 Å². The third-order valence-electron chi connectivity index (χ3n) is 3.98. The lowest BCUT2D eigenvalue weighted by Gasteiger charge is -2.21. The molecule has 0 aliphatic heterocycles. The molecule has 0 bridgehead atoms. The van der Waals surface area contributed by atoms with E-state index in [1.165, 1.54) is 16.7 Å². The highest BCUT2D eigenvalue weighted by molar-refractivity contribution is 5.77. The molecule has 0 amide bonds. The molecule has 0 aliphatic carbocycles. The number of hydrogen-bond donors (Lipinski definition) is 1. The normalized spacial score (nSPS) is 12.5. The molecule has 0 aliphatic rings. The molecule has 0 radical (unpaired) electrons. The van der Waals surface area contributed by atoms with Gasteiger partial charge in [-0.2, -0.15) is 0 Å². The minimum absolute atomic E-state index is 0.128. The summed E-state index contributed by atoms with van der Waals surface area (Å²) in [7, 11) is 0. The monoisotopic (exact) mass is 281 g/mol. The van der Waals surface area contributed by atoms with Crippen LogP contribution in [0.25, 0.3) is 11.1 Å². The molecule has 0 spiro atoms. The second kappa shape index (κ2) is 5.22. The van der Waals surface area contributed by atoms with Crippen molar-refractivity contribution < 1.29 is 0 Å². The molecule has 2 aromatic carbocycles. The minimum Gasteiger partial charge on any atom is -0.398 e. The highest BCUT2D eigenvalue weighted by Crippen LogP contribution is 2.32. The number of nitrogen functional groups attached to an aromatic ring is 1. The Bertz CT molecular complexity index is 622. The fourth-order valence-electron chi connectivity index (χ4n) is 2.44. The van der Waals surface area contributed by atoms with Gasteiger partial charge in [-0.3, -0.25) is 0 Å². The first-order valence-corrected chi connectivity index (χ1v) is 7.60. The summed E-state index contributed by atoms with van der Waals surface area (Å²) in [6.07, 6.45) is 0. The van der Waals surface area contributed by atoms with Crippen molar-refractivity contribution in [3.63, 3.8) is 0 Å². The SMILES string of the molecule is CC(C)(C)c1ccc(-c2ccc(C(C)(C)C)cc2N)cc1. The molecule has 2 N–H and O–H groups in total. The predicted octanol–water partition coefficient (Wildman–Crippen LogP) is 5.53. The summed E-state index contributed by atoms with van der Waals surface area (Å²) in [5.74, 6) is 0. The zero-order valence-electron chi connectivity index (χ0n) is 14.1. The van der Waals surface area contributed by atoms with Crippen LogP contribution in [0.1, 0.15) is 52.7 Å². The van der Waals surface area contributed by atoms with Crippen LogP contribution in [0.3, 0.4) is 0 Å². The summed E-state index contributed by atoms with van der Waals surface area (Å²) in [5, 5.41) is 0. The van der Waals surface area contributed by atoms with Crippen LogP contribution in [0.4, 0.5) is 5.69 Å². The number of rotatable bonds is 1. The maximum Gasteiger partial charge on any atom is 0.0396 e. The van der Waals surface area contributed by atoms with Crippen molar-refractivity contribution in [2.45, 2.75) is 52.4 Å². The topological polar surface area (TPSA) is 26.0 Å². The lowest BCUT2D eigenvalue weighted by Crippen LogP contribution is -2.11. The molecule has 112 valence electrons. The molecule has 0 atom stereocenters. The van der Waals surface area contributed by atoms with Crippen LogP contribution in [0.5, 0.6) is 0 Å². The van der Waals surface area contributed by atoms with Crippen molar-refractivity contribution in [3.05, 3.63) is 53.6 Å². The van der Waals surface area contributed by atoms with Gasteiger partial charge < -0.3 is 5.73 Å². The Morgan fingerprint density at radius 3 is 1.57 bits per heavy atom. The van der Waals surface area contributed by atoms with E-state index in [9.17, 15) is 0 Å². The third kappa shape index (κ3) is 3.47. The minimum atomic E-state index is 0.128. The van der Waals surface area contributed by atoms with E-state index in [2.05, 4.69) is 84.0 Å². The second-order valence-electron chi connectivity index (χ2n) is 7.88. The number of hydrogen-bond acceptors (Lipinski definition) is 1. The number of benzene rings is 2. The maximum atomic E-state index is 6.27. The van der Waals surface area contributed by atoms with Gasteiger partial charge in [-0.15, -0.1) is 0 Å². The fraction of sp³-hybridized carbons (Fsp3) is 0.400. The van der Waals surface area contributed by atoms with Crippen molar-refractivity contribution in [2.75, 3.05) is 5.73 Å². The first kappa shape index (κ1) is 15.6. The molecule has 21 heavy (non-hydrogen) atoms. The Morgan fingerprint density at radius 2 is 1.14 bits per heavy atom. The Kier molecular flexibility index (Phi) is 3.88. The molecular formula is C20H27N. The van der Waals surface area contributed by atoms with Gasteiger partial charge in [0.2, 0.25) is 0 Å². The van der Waals surface area contributed by atoms with Crippen molar-refractivity contribution in [1.82, 2.24) is 0 Å². The summed E-state index contributed by atoms with van der Waals surface area (Å²) in [4.78, 5) is 0. The molecule has 0 saturated heterocycles. The van der Waals surface area contributed by atoms with Crippen molar-refractivity contribution >= 4 is 5.69 Å². The summed E-state index contributed by atoms with van der Waals surface area (Å²) in [5.41, 5.74) is 12.3. The smallest absolute Gasteiger partial charge is 0.0396 e. The van der Waals surface area contributed by atoms with E-state index in [1.54, 1.807) is 0 Å². The van der Waals surface area contributed by atoms with Crippen molar-refractivity contribution in [3.8, 4) is 11.1 Å². The van der Waals surface area contributed by atoms with Crippen LogP contribution in [0.15, 0.2) is 42.5 Å². The first-order chi connectivity index (χ1) is 9.59. The van der Waals surface area contributed by atoms with Gasteiger partial charge in [0.05, 0.1) is 0 Å². The van der Waals surface area contributed by atoms with E-state index in [0.717, 1.165) is 11.3 Å². The zero-order chi connectivity index (χ0) is 15.8. The first-order valence-electron chi connectivity index (χ1n) is 7.60. The molecule has 1 heteroatoms. The van der Waals surface area contributed by atoms with Crippen LogP contribution in [-0.2, 0) is 10.8 Å². The Balaban J connectivity index is 2.39. The molecule has 2 rings (SSSR count). The quantitative estimate of drug-likeness (QED) is 0.683. The summed E-state index contributed by atoms with van der Waals surface area (Å²) in [6, 6.07) is 15.2. The zero-order valence-corrected chi connectivity index (χ0v) is 14.1. The van der Waals surface area contributed by atoms with Gasteiger partial charge in [0.1, 0.15) is 0 Å². The Morgan fingerprint density at radius 1 is 0.667 bits per heavy atom. The van der Waals surface area contributed by atoms with Crippen molar-refractivity contribution in [2.24, 2.45) is 0 Å². The average molecular weight is 281 g/mol. The van der Waals surface area contributed by atoms with Crippen LogP contribution >= 0.6 is 0 Å². The summed E-state index contributed by atoms with van der Waals surface area (Å²) < 4.78 is 0. The molecule has 0 fully saturated rings. The molecule has 0 unspecified atom stereocenters. The molecule has 0 saturated carbocycles. The molecule has 2 aromatic rings. The molecule has 1 nitrogen and oxygen atoms in total. The van der Waals surface area contributed by atoms with Gasteiger partial charge in [-0.05, 0) is 33.6 Å². The predicted molar refractivity (Wildman–Crippen MR) is 93.7 cm³/mol. The standard InChI is InChI=1S/C20H27N/c1-19(2,3)15-9-7-14(8-10-15)17-12-11-16(13-18(17)21)20(4,5)6/h7-13H,21H2,1-6H3. The van der Waals surface area contributed by atoms with Gasteiger partial charge in [-0.1, -0.05) is 77.9 Å². The molecule has 0 heterocycles. The van der Waals surface area contributed by atoms with E-state index >= 15 is 0 Å². The Hall–Kier alpha value is -1.76. The fourth-order valence-corrected chi connectivity index (χ4v) is 2.44. The summed E-state index contributed by atoms with van der Waals surface area (Å²) >= 11 is 0. The average Bonchev–Trinajstić information content (AvgIpc) is 2.36. The van der Waals surface area contributed by atoms with Crippen LogP contribution < -0.4 is 5.73 Å². The largest absolute Gasteiger partial charge is 0.398 e. The van der Waals surface area contributed by atoms with Crippen LogP contribution in [0.2, 0.25) is 0 Å². The highest BCUT2D eigenvalue weighted by atomic mass is 14.6. The summed E-state index contributed by atoms with van der Waals surface area (Å²) in [6.45, 7) is 13.3. The third-order valence-corrected chi connectivity index (χ3v) is 3.98. The van der Waals surface area contributed by atoms with Gasteiger partial charge in [0.15, 0.2) is 0 Å². The van der Waals surface area contributed by atoms with E-state index in [0.29, 0.717) is 0 Å². The molecule has 0 aromatic heterocycles. The van der Waals surface area contributed by atoms with Crippen molar-refractivity contribution in [1.29, 1.82) is 0 Å². The van der Waals surface area contributed by atoms with E-state index in [1.807, 2.05) is 0 Å². The van der Waals surface area contributed by atoms with E-state index in [-0.39, 0.29) is 10.8 Å². The van der Waals surface area contributed by atoms with Crippen LogP contribution in [-0.4, -0.2) is 0 Å². The lowest BCUT2D eigenvalue weighted by atomic mass is 9.84. The highest BCUT2D eigenvalue weighted by Gasteiger charge is 2.16.